The van der Waals surface area contributed by atoms with E-state index in [1.165, 1.54) is 27.8 Å². The molecule has 0 aromatic heterocycles. The maximum absolute atomic E-state index is 3.39. The van der Waals surface area contributed by atoms with Crippen LogP contribution >= 0.6 is 0 Å². The average molecular weight is 275 g/mol. The molecular weight excluding hydrogens is 254 g/mol. The van der Waals surface area contributed by atoms with Crippen molar-refractivity contribution in [1.82, 2.24) is 5.32 Å². The largest absolute Gasteiger partial charge is 0.317 e. The van der Waals surface area contributed by atoms with E-state index >= 15 is 0 Å². The Morgan fingerprint density at radius 1 is 0.857 bits per heavy atom. The van der Waals surface area contributed by atoms with Gasteiger partial charge in [0, 0.05) is 0 Å². The van der Waals surface area contributed by atoms with Gasteiger partial charge < -0.3 is 5.32 Å². The minimum Gasteiger partial charge on any atom is -0.317 e. The Kier molecular flexibility index (Phi) is 4.32. The van der Waals surface area contributed by atoms with Gasteiger partial charge in [0.2, 0.25) is 0 Å². The fourth-order valence-corrected chi connectivity index (χ4v) is 2.82. The first-order valence-corrected chi connectivity index (χ1v) is 7.68. The molecule has 3 rings (SSSR count). The van der Waals surface area contributed by atoms with E-state index < -0.39 is 0 Å². The first-order valence-electron chi connectivity index (χ1n) is 7.68. The van der Waals surface area contributed by atoms with Gasteiger partial charge in [-0.25, -0.2) is 0 Å². The summed E-state index contributed by atoms with van der Waals surface area (Å²) in [4.78, 5) is 0. The molecule has 106 valence electrons. The number of rotatable bonds is 4. The summed E-state index contributed by atoms with van der Waals surface area (Å²) < 4.78 is 0. The standard InChI is InChI=1S/C20H21N/c1-2-21-15-7-12-20-18-10-5-3-8-16(18)13-14-17-9-4-6-11-19(17)20/h3-6,8-14,21H,2,7,15H2,1H3. The molecule has 0 saturated carbocycles. The van der Waals surface area contributed by atoms with Crippen LogP contribution in [0, 0.1) is 0 Å². The maximum atomic E-state index is 3.39. The van der Waals surface area contributed by atoms with Crippen LogP contribution in [0.1, 0.15) is 35.6 Å². The second-order valence-electron chi connectivity index (χ2n) is 5.27. The number of hydrogen-bond donors (Lipinski definition) is 1. The smallest absolute Gasteiger partial charge is 0.00141 e. The predicted molar refractivity (Wildman–Crippen MR) is 92.1 cm³/mol. The summed E-state index contributed by atoms with van der Waals surface area (Å²) in [7, 11) is 0. The van der Waals surface area contributed by atoms with Gasteiger partial charge in [-0.3, -0.25) is 0 Å². The number of hydrogen-bond acceptors (Lipinski definition) is 1. The van der Waals surface area contributed by atoms with Crippen molar-refractivity contribution in [2.24, 2.45) is 0 Å². The van der Waals surface area contributed by atoms with Crippen molar-refractivity contribution in [1.29, 1.82) is 0 Å². The lowest BCUT2D eigenvalue weighted by Crippen LogP contribution is -2.13. The van der Waals surface area contributed by atoms with Crippen LogP contribution in [-0.4, -0.2) is 13.1 Å². The average Bonchev–Trinajstić information content (AvgIpc) is 2.69. The molecule has 0 saturated heterocycles. The van der Waals surface area contributed by atoms with E-state index in [0.717, 1.165) is 19.5 Å². The third kappa shape index (κ3) is 2.98. The van der Waals surface area contributed by atoms with E-state index in [4.69, 9.17) is 0 Å². The third-order valence-electron chi connectivity index (χ3n) is 3.86. The molecule has 0 spiro atoms. The van der Waals surface area contributed by atoms with Crippen molar-refractivity contribution < 1.29 is 0 Å². The summed E-state index contributed by atoms with van der Waals surface area (Å²) in [5, 5.41) is 3.39. The second kappa shape index (κ2) is 6.55. The highest BCUT2D eigenvalue weighted by Gasteiger charge is 2.13. The minimum atomic E-state index is 1.03. The molecule has 1 aliphatic rings. The van der Waals surface area contributed by atoms with Crippen molar-refractivity contribution in [2.75, 3.05) is 13.1 Å². The molecule has 2 aromatic carbocycles. The number of benzene rings is 2. The summed E-state index contributed by atoms with van der Waals surface area (Å²) in [5.74, 6) is 0. The summed E-state index contributed by atoms with van der Waals surface area (Å²) in [6, 6.07) is 17.3. The highest BCUT2D eigenvalue weighted by molar-refractivity contribution is 5.93. The molecule has 1 N–H and O–H groups in total. The van der Waals surface area contributed by atoms with E-state index in [0.29, 0.717) is 0 Å². The molecule has 0 bridgehead atoms. The first kappa shape index (κ1) is 13.8. The fourth-order valence-electron chi connectivity index (χ4n) is 2.82. The zero-order chi connectivity index (χ0) is 14.5. The van der Waals surface area contributed by atoms with Gasteiger partial charge in [0.05, 0.1) is 0 Å². The monoisotopic (exact) mass is 275 g/mol. The topological polar surface area (TPSA) is 12.0 Å². The van der Waals surface area contributed by atoms with Crippen LogP contribution in [0.2, 0.25) is 0 Å². The molecular formula is C20H21N. The second-order valence-corrected chi connectivity index (χ2v) is 5.27. The molecule has 0 amide bonds. The van der Waals surface area contributed by atoms with Crippen molar-refractivity contribution in [3.8, 4) is 0 Å². The van der Waals surface area contributed by atoms with Crippen molar-refractivity contribution in [2.45, 2.75) is 13.3 Å². The molecule has 1 aliphatic carbocycles. The predicted octanol–water partition coefficient (Wildman–Crippen LogP) is 4.60. The summed E-state index contributed by atoms with van der Waals surface area (Å²) >= 11 is 0. The summed E-state index contributed by atoms with van der Waals surface area (Å²) in [5.41, 5.74) is 6.60. The lowest BCUT2D eigenvalue weighted by molar-refractivity contribution is 0.727. The van der Waals surface area contributed by atoms with Crippen molar-refractivity contribution >= 4 is 17.7 Å². The van der Waals surface area contributed by atoms with Crippen molar-refractivity contribution in [3.05, 3.63) is 76.9 Å². The van der Waals surface area contributed by atoms with Crippen LogP contribution in [0.5, 0.6) is 0 Å². The summed E-state index contributed by atoms with van der Waals surface area (Å²) in [6.45, 7) is 4.20. The van der Waals surface area contributed by atoms with Crippen LogP contribution in [0.3, 0.4) is 0 Å². The van der Waals surface area contributed by atoms with Crippen LogP contribution in [0.4, 0.5) is 0 Å². The maximum Gasteiger partial charge on any atom is -0.00141 e. The number of nitrogens with one attached hydrogen (secondary N) is 1. The van der Waals surface area contributed by atoms with Crippen LogP contribution in [-0.2, 0) is 0 Å². The Labute approximate surface area is 127 Å². The van der Waals surface area contributed by atoms with E-state index in [1.807, 2.05) is 0 Å². The van der Waals surface area contributed by atoms with Gasteiger partial charge in [-0.15, -0.1) is 0 Å². The molecule has 1 heteroatoms. The molecule has 0 heterocycles. The van der Waals surface area contributed by atoms with Gasteiger partial charge in [0.25, 0.3) is 0 Å². The lowest BCUT2D eigenvalue weighted by Gasteiger charge is -2.12. The zero-order valence-corrected chi connectivity index (χ0v) is 12.5. The normalized spacial score (nSPS) is 12.5. The molecule has 1 nitrogen and oxygen atoms in total. The SMILES string of the molecule is CCNCCC=C1c2ccccc2C=Cc2ccccc21. The highest BCUT2D eigenvalue weighted by Crippen LogP contribution is 2.33. The van der Waals surface area contributed by atoms with Gasteiger partial charge in [-0.1, -0.05) is 73.7 Å². The first-order chi connectivity index (χ1) is 10.4. The zero-order valence-electron chi connectivity index (χ0n) is 12.5. The number of fused-ring (bicyclic) bond motifs is 2. The molecule has 0 aliphatic heterocycles. The molecule has 0 fully saturated rings. The Hall–Kier alpha value is -2.12. The highest BCUT2D eigenvalue weighted by atomic mass is 14.8. The minimum absolute atomic E-state index is 1.03. The van der Waals surface area contributed by atoms with Crippen LogP contribution in [0.25, 0.3) is 17.7 Å². The van der Waals surface area contributed by atoms with Gasteiger partial charge in [0.15, 0.2) is 0 Å². The quantitative estimate of drug-likeness (QED) is 0.686. The third-order valence-corrected chi connectivity index (χ3v) is 3.86. The lowest BCUT2D eigenvalue weighted by atomic mass is 9.93. The molecule has 21 heavy (non-hydrogen) atoms. The fraction of sp³-hybridized carbons (Fsp3) is 0.200. The van der Waals surface area contributed by atoms with Crippen LogP contribution in [0.15, 0.2) is 54.6 Å². The van der Waals surface area contributed by atoms with Gasteiger partial charge >= 0.3 is 0 Å². The Balaban J connectivity index is 2.06. The van der Waals surface area contributed by atoms with E-state index in [1.54, 1.807) is 0 Å². The Morgan fingerprint density at radius 3 is 2.00 bits per heavy atom. The van der Waals surface area contributed by atoms with Gasteiger partial charge in [-0.2, -0.15) is 0 Å². The Bertz CT molecular complexity index is 628. The molecule has 0 radical (unpaired) electrons. The Morgan fingerprint density at radius 2 is 1.43 bits per heavy atom. The van der Waals surface area contributed by atoms with E-state index in [-0.39, 0.29) is 0 Å². The summed E-state index contributed by atoms with van der Waals surface area (Å²) in [6.07, 6.45) is 7.86. The molecule has 0 atom stereocenters. The van der Waals surface area contributed by atoms with E-state index in [2.05, 4.69) is 79.0 Å². The van der Waals surface area contributed by atoms with Crippen LogP contribution < -0.4 is 5.32 Å². The molecule has 0 unspecified atom stereocenters. The van der Waals surface area contributed by atoms with Crippen molar-refractivity contribution in [3.63, 3.8) is 0 Å². The van der Waals surface area contributed by atoms with E-state index in [9.17, 15) is 0 Å². The van der Waals surface area contributed by atoms with Gasteiger partial charge in [-0.05, 0) is 47.3 Å². The van der Waals surface area contributed by atoms with Gasteiger partial charge in [0.1, 0.15) is 0 Å². The molecule has 2 aromatic rings.